The summed E-state index contributed by atoms with van der Waals surface area (Å²) in [5, 5.41) is 6.25. The third-order valence-corrected chi connectivity index (χ3v) is 3.70. The predicted molar refractivity (Wildman–Crippen MR) is 95.2 cm³/mol. The number of carbonyl (C=O) groups is 2. The molecule has 132 valence electrons. The molecule has 0 unspecified atom stereocenters. The molecule has 0 radical (unpaired) electrons. The zero-order chi connectivity index (χ0) is 17.7. The van der Waals surface area contributed by atoms with Gasteiger partial charge in [-0.05, 0) is 51.8 Å². The standard InChI is InChI=1S/C18H27N3O3/c1-13(22)19-15-6-5-7-16(12-15)20-14-8-10-21(11-9-14)17(23)24-18(2,3)4/h5-7,12,14,20H,8-11H2,1-4H3,(H,19,22). The molecule has 1 aromatic rings. The molecule has 6 heteroatoms. The Morgan fingerprint density at radius 3 is 2.38 bits per heavy atom. The number of likely N-dealkylation sites (tertiary alicyclic amines) is 1. The molecule has 1 fully saturated rings. The lowest BCUT2D eigenvalue weighted by Crippen LogP contribution is -2.44. The van der Waals surface area contributed by atoms with Crippen LogP contribution in [0.4, 0.5) is 16.2 Å². The minimum Gasteiger partial charge on any atom is -0.444 e. The van der Waals surface area contributed by atoms with Crippen molar-refractivity contribution in [1.82, 2.24) is 4.90 Å². The SMILES string of the molecule is CC(=O)Nc1cccc(NC2CCN(C(=O)OC(C)(C)C)CC2)c1. The summed E-state index contributed by atoms with van der Waals surface area (Å²) in [5.41, 5.74) is 1.28. The number of nitrogens with zero attached hydrogens (tertiary/aromatic N) is 1. The van der Waals surface area contributed by atoms with Gasteiger partial charge in [-0.3, -0.25) is 4.79 Å². The van der Waals surface area contributed by atoms with Gasteiger partial charge in [-0.2, -0.15) is 0 Å². The van der Waals surface area contributed by atoms with Crippen molar-refractivity contribution in [3.8, 4) is 0 Å². The number of benzene rings is 1. The first-order chi connectivity index (χ1) is 11.2. The van der Waals surface area contributed by atoms with E-state index in [4.69, 9.17) is 4.74 Å². The average molecular weight is 333 g/mol. The van der Waals surface area contributed by atoms with Crippen molar-refractivity contribution in [2.45, 2.75) is 52.2 Å². The number of piperidine rings is 1. The molecule has 2 rings (SSSR count). The van der Waals surface area contributed by atoms with Crippen molar-refractivity contribution in [2.75, 3.05) is 23.7 Å². The highest BCUT2D eigenvalue weighted by atomic mass is 16.6. The molecule has 1 heterocycles. The highest BCUT2D eigenvalue weighted by Gasteiger charge is 2.26. The molecular formula is C18H27N3O3. The summed E-state index contributed by atoms with van der Waals surface area (Å²) in [6.45, 7) is 8.48. The number of hydrogen-bond donors (Lipinski definition) is 2. The summed E-state index contributed by atoms with van der Waals surface area (Å²) in [6.07, 6.45) is 1.49. The van der Waals surface area contributed by atoms with Crippen molar-refractivity contribution < 1.29 is 14.3 Å². The van der Waals surface area contributed by atoms with Gasteiger partial charge >= 0.3 is 6.09 Å². The van der Waals surface area contributed by atoms with Crippen LogP contribution in [0.1, 0.15) is 40.5 Å². The molecule has 2 amide bonds. The number of ether oxygens (including phenoxy) is 1. The van der Waals surface area contributed by atoms with Gasteiger partial charge in [0.05, 0.1) is 0 Å². The van der Waals surface area contributed by atoms with Gasteiger partial charge in [0.1, 0.15) is 5.60 Å². The first kappa shape index (κ1) is 18.1. The van der Waals surface area contributed by atoms with E-state index in [0.29, 0.717) is 19.1 Å². The summed E-state index contributed by atoms with van der Waals surface area (Å²) in [4.78, 5) is 25.0. The Hall–Kier alpha value is -2.24. The van der Waals surface area contributed by atoms with E-state index in [2.05, 4.69) is 10.6 Å². The third-order valence-electron chi connectivity index (χ3n) is 3.70. The molecule has 6 nitrogen and oxygen atoms in total. The summed E-state index contributed by atoms with van der Waals surface area (Å²) in [6, 6.07) is 7.96. The molecule has 0 aliphatic carbocycles. The Bertz CT molecular complexity index is 587. The van der Waals surface area contributed by atoms with Crippen LogP contribution < -0.4 is 10.6 Å². The van der Waals surface area contributed by atoms with Crippen LogP contribution in [-0.4, -0.2) is 41.6 Å². The molecule has 0 saturated carbocycles. The molecule has 1 aliphatic heterocycles. The van der Waals surface area contributed by atoms with Crippen LogP contribution in [0, 0.1) is 0 Å². The smallest absolute Gasteiger partial charge is 0.410 e. The van der Waals surface area contributed by atoms with E-state index >= 15 is 0 Å². The van der Waals surface area contributed by atoms with Crippen LogP contribution in [0.5, 0.6) is 0 Å². The van der Waals surface area contributed by atoms with Crippen molar-refractivity contribution in [2.24, 2.45) is 0 Å². The second-order valence-corrected chi connectivity index (χ2v) is 7.15. The summed E-state index contributed by atoms with van der Waals surface area (Å²) in [5.74, 6) is -0.0854. The van der Waals surface area contributed by atoms with Gasteiger partial charge in [-0.15, -0.1) is 0 Å². The van der Waals surface area contributed by atoms with Crippen molar-refractivity contribution in [3.63, 3.8) is 0 Å². The van der Waals surface area contributed by atoms with Gasteiger partial charge in [0.2, 0.25) is 5.91 Å². The Labute approximate surface area is 143 Å². The minimum atomic E-state index is -0.462. The number of amides is 2. The van der Waals surface area contributed by atoms with Crippen LogP contribution in [0.25, 0.3) is 0 Å². The molecule has 0 spiro atoms. The molecule has 0 aromatic heterocycles. The lowest BCUT2D eigenvalue weighted by Gasteiger charge is -2.34. The molecule has 24 heavy (non-hydrogen) atoms. The predicted octanol–water partition coefficient (Wildman–Crippen LogP) is 3.46. The lowest BCUT2D eigenvalue weighted by atomic mass is 10.0. The Kier molecular flexibility index (Phi) is 5.70. The van der Waals surface area contributed by atoms with E-state index in [-0.39, 0.29) is 12.0 Å². The second kappa shape index (κ2) is 7.55. The van der Waals surface area contributed by atoms with E-state index in [1.807, 2.05) is 45.0 Å². The topological polar surface area (TPSA) is 70.7 Å². The maximum atomic E-state index is 12.1. The van der Waals surface area contributed by atoms with E-state index in [0.717, 1.165) is 24.2 Å². The van der Waals surface area contributed by atoms with Crippen LogP contribution in [0.3, 0.4) is 0 Å². The minimum absolute atomic E-state index is 0.0854. The largest absolute Gasteiger partial charge is 0.444 e. The van der Waals surface area contributed by atoms with E-state index in [9.17, 15) is 9.59 Å². The normalized spacial score (nSPS) is 15.8. The molecular weight excluding hydrogens is 306 g/mol. The second-order valence-electron chi connectivity index (χ2n) is 7.15. The average Bonchev–Trinajstić information content (AvgIpc) is 2.46. The van der Waals surface area contributed by atoms with Crippen LogP contribution in [-0.2, 0) is 9.53 Å². The molecule has 1 saturated heterocycles. The van der Waals surface area contributed by atoms with Gasteiger partial charge in [-0.25, -0.2) is 4.79 Å². The fraction of sp³-hybridized carbons (Fsp3) is 0.556. The molecule has 0 atom stereocenters. The highest BCUT2D eigenvalue weighted by molar-refractivity contribution is 5.89. The van der Waals surface area contributed by atoms with Crippen LogP contribution in [0.2, 0.25) is 0 Å². The Morgan fingerprint density at radius 2 is 1.79 bits per heavy atom. The third kappa shape index (κ3) is 5.76. The van der Waals surface area contributed by atoms with Gasteiger partial charge in [0.25, 0.3) is 0 Å². The molecule has 0 bridgehead atoms. The van der Waals surface area contributed by atoms with Gasteiger partial charge in [0, 0.05) is 37.4 Å². The van der Waals surface area contributed by atoms with Crippen LogP contribution >= 0.6 is 0 Å². The Balaban J connectivity index is 1.85. The molecule has 2 N–H and O–H groups in total. The lowest BCUT2D eigenvalue weighted by molar-refractivity contribution is -0.114. The number of anilines is 2. The first-order valence-electron chi connectivity index (χ1n) is 8.35. The van der Waals surface area contributed by atoms with Crippen molar-refractivity contribution >= 4 is 23.4 Å². The zero-order valence-corrected chi connectivity index (χ0v) is 14.9. The zero-order valence-electron chi connectivity index (χ0n) is 14.9. The Morgan fingerprint density at radius 1 is 1.17 bits per heavy atom. The fourth-order valence-corrected chi connectivity index (χ4v) is 2.66. The maximum absolute atomic E-state index is 12.1. The van der Waals surface area contributed by atoms with Gasteiger partial charge in [-0.1, -0.05) is 6.07 Å². The number of rotatable bonds is 3. The van der Waals surface area contributed by atoms with E-state index in [1.165, 1.54) is 6.92 Å². The molecule has 1 aliphatic rings. The first-order valence-corrected chi connectivity index (χ1v) is 8.35. The van der Waals surface area contributed by atoms with E-state index < -0.39 is 5.60 Å². The van der Waals surface area contributed by atoms with Gasteiger partial charge in [0.15, 0.2) is 0 Å². The number of nitrogens with one attached hydrogen (secondary N) is 2. The maximum Gasteiger partial charge on any atom is 0.410 e. The molecule has 1 aromatic carbocycles. The van der Waals surface area contributed by atoms with Crippen LogP contribution in [0.15, 0.2) is 24.3 Å². The summed E-state index contributed by atoms with van der Waals surface area (Å²) >= 11 is 0. The van der Waals surface area contributed by atoms with Gasteiger partial charge < -0.3 is 20.3 Å². The van der Waals surface area contributed by atoms with Crippen molar-refractivity contribution in [3.05, 3.63) is 24.3 Å². The fourth-order valence-electron chi connectivity index (χ4n) is 2.66. The number of carbonyl (C=O) groups excluding carboxylic acids is 2. The van der Waals surface area contributed by atoms with Crippen molar-refractivity contribution in [1.29, 1.82) is 0 Å². The number of hydrogen-bond acceptors (Lipinski definition) is 4. The quantitative estimate of drug-likeness (QED) is 0.889. The highest BCUT2D eigenvalue weighted by Crippen LogP contribution is 2.21. The monoisotopic (exact) mass is 333 g/mol. The van der Waals surface area contributed by atoms with E-state index in [1.54, 1.807) is 4.90 Å². The summed E-state index contributed by atoms with van der Waals surface area (Å²) in [7, 11) is 0. The summed E-state index contributed by atoms with van der Waals surface area (Å²) < 4.78 is 5.41.